The maximum absolute atomic E-state index is 11.4. The first kappa shape index (κ1) is 13.5. The SMILES string of the molecule is NS(=O)(=O)CCNC(=O)Cc1ccc(O)cc1. The molecule has 0 aliphatic carbocycles. The van der Waals surface area contributed by atoms with Crippen molar-refractivity contribution in [1.82, 2.24) is 5.32 Å². The molecule has 1 amide bonds. The third-order valence-corrected chi connectivity index (χ3v) is 2.78. The van der Waals surface area contributed by atoms with Crippen LogP contribution >= 0.6 is 0 Å². The Morgan fingerprint density at radius 1 is 1.29 bits per heavy atom. The smallest absolute Gasteiger partial charge is 0.224 e. The van der Waals surface area contributed by atoms with Crippen LogP contribution in [-0.2, 0) is 21.2 Å². The van der Waals surface area contributed by atoms with Gasteiger partial charge in [0.25, 0.3) is 0 Å². The van der Waals surface area contributed by atoms with Gasteiger partial charge in [-0.15, -0.1) is 0 Å². The van der Waals surface area contributed by atoms with E-state index in [0.29, 0.717) is 0 Å². The first-order valence-corrected chi connectivity index (χ1v) is 6.63. The lowest BCUT2D eigenvalue weighted by Gasteiger charge is -2.04. The zero-order valence-electron chi connectivity index (χ0n) is 9.09. The van der Waals surface area contributed by atoms with Gasteiger partial charge in [-0.1, -0.05) is 12.1 Å². The van der Waals surface area contributed by atoms with Gasteiger partial charge < -0.3 is 10.4 Å². The molecule has 0 aromatic heterocycles. The van der Waals surface area contributed by atoms with E-state index in [1.165, 1.54) is 12.1 Å². The van der Waals surface area contributed by atoms with Crippen LogP contribution in [0.1, 0.15) is 5.56 Å². The Labute approximate surface area is 99.5 Å². The summed E-state index contributed by atoms with van der Waals surface area (Å²) in [5, 5.41) is 16.3. The molecule has 0 atom stereocenters. The number of carbonyl (C=O) groups excluding carboxylic acids is 1. The molecule has 0 fully saturated rings. The number of aromatic hydroxyl groups is 1. The zero-order valence-corrected chi connectivity index (χ0v) is 9.90. The normalized spacial score (nSPS) is 11.1. The molecule has 0 heterocycles. The summed E-state index contributed by atoms with van der Waals surface area (Å²) >= 11 is 0. The summed E-state index contributed by atoms with van der Waals surface area (Å²) in [5.41, 5.74) is 0.732. The minimum atomic E-state index is -3.55. The minimum Gasteiger partial charge on any atom is -0.508 e. The average molecular weight is 258 g/mol. The summed E-state index contributed by atoms with van der Waals surface area (Å²) in [5.74, 6) is -0.448. The van der Waals surface area contributed by atoms with Crippen molar-refractivity contribution < 1.29 is 18.3 Å². The van der Waals surface area contributed by atoms with Crippen molar-refractivity contribution in [3.8, 4) is 5.75 Å². The van der Waals surface area contributed by atoms with E-state index in [1.54, 1.807) is 12.1 Å². The topological polar surface area (TPSA) is 109 Å². The summed E-state index contributed by atoms with van der Waals surface area (Å²) in [6.45, 7) is -0.00422. The monoisotopic (exact) mass is 258 g/mol. The molecule has 0 bridgehead atoms. The molecule has 0 aliphatic rings. The largest absolute Gasteiger partial charge is 0.508 e. The number of benzene rings is 1. The van der Waals surface area contributed by atoms with Crippen molar-refractivity contribution in [2.75, 3.05) is 12.3 Å². The van der Waals surface area contributed by atoms with Crippen molar-refractivity contribution in [3.63, 3.8) is 0 Å². The molecule has 7 heteroatoms. The van der Waals surface area contributed by atoms with E-state index in [0.717, 1.165) is 5.56 Å². The van der Waals surface area contributed by atoms with E-state index in [4.69, 9.17) is 10.2 Å². The molecule has 94 valence electrons. The first-order valence-electron chi connectivity index (χ1n) is 4.92. The molecule has 1 aromatic rings. The third kappa shape index (κ3) is 5.88. The summed E-state index contributed by atoms with van der Waals surface area (Å²) in [6, 6.07) is 6.20. The van der Waals surface area contributed by atoms with E-state index in [9.17, 15) is 13.2 Å². The van der Waals surface area contributed by atoms with Crippen LogP contribution in [0.25, 0.3) is 0 Å². The number of amides is 1. The van der Waals surface area contributed by atoms with Crippen LogP contribution in [0.15, 0.2) is 24.3 Å². The lowest BCUT2D eigenvalue weighted by Crippen LogP contribution is -2.32. The Morgan fingerprint density at radius 3 is 2.41 bits per heavy atom. The molecule has 0 spiro atoms. The summed E-state index contributed by atoms with van der Waals surface area (Å²) < 4.78 is 21.2. The molecule has 0 radical (unpaired) electrons. The van der Waals surface area contributed by atoms with Crippen LogP contribution in [0.5, 0.6) is 5.75 Å². The van der Waals surface area contributed by atoms with Gasteiger partial charge in [0, 0.05) is 6.54 Å². The van der Waals surface area contributed by atoms with Gasteiger partial charge in [-0.3, -0.25) is 4.79 Å². The fourth-order valence-electron chi connectivity index (χ4n) is 1.19. The number of phenols is 1. The van der Waals surface area contributed by atoms with Crippen molar-refractivity contribution >= 4 is 15.9 Å². The van der Waals surface area contributed by atoms with E-state index < -0.39 is 10.0 Å². The number of hydrogen-bond donors (Lipinski definition) is 3. The van der Waals surface area contributed by atoms with E-state index in [-0.39, 0.29) is 30.4 Å². The maximum atomic E-state index is 11.4. The lowest BCUT2D eigenvalue weighted by atomic mass is 10.1. The maximum Gasteiger partial charge on any atom is 0.224 e. The Kier molecular flexibility index (Phi) is 4.47. The highest BCUT2D eigenvalue weighted by atomic mass is 32.2. The highest BCUT2D eigenvalue weighted by Gasteiger charge is 2.06. The molecule has 6 nitrogen and oxygen atoms in total. The van der Waals surface area contributed by atoms with E-state index in [2.05, 4.69) is 5.32 Å². The lowest BCUT2D eigenvalue weighted by molar-refractivity contribution is -0.120. The Hall–Kier alpha value is -1.60. The van der Waals surface area contributed by atoms with Crippen LogP contribution in [0.3, 0.4) is 0 Å². The molecular formula is C10H14N2O4S. The van der Waals surface area contributed by atoms with Crippen LogP contribution in [0, 0.1) is 0 Å². The molecule has 0 saturated carbocycles. The predicted octanol–water partition coefficient (Wildman–Crippen LogP) is -0.661. The zero-order chi connectivity index (χ0) is 12.9. The van der Waals surface area contributed by atoms with Crippen molar-refractivity contribution in [2.24, 2.45) is 5.14 Å². The first-order chi connectivity index (χ1) is 7.87. The number of rotatable bonds is 5. The highest BCUT2D eigenvalue weighted by Crippen LogP contribution is 2.09. The number of carbonyl (C=O) groups is 1. The molecular weight excluding hydrogens is 244 g/mol. The quantitative estimate of drug-likeness (QED) is 0.651. The number of nitrogens with two attached hydrogens (primary N) is 1. The van der Waals surface area contributed by atoms with Crippen molar-refractivity contribution in [2.45, 2.75) is 6.42 Å². The Morgan fingerprint density at radius 2 is 1.88 bits per heavy atom. The van der Waals surface area contributed by atoms with Crippen molar-refractivity contribution in [1.29, 1.82) is 0 Å². The van der Waals surface area contributed by atoms with Gasteiger partial charge >= 0.3 is 0 Å². The van der Waals surface area contributed by atoms with Gasteiger partial charge in [0.1, 0.15) is 5.75 Å². The highest BCUT2D eigenvalue weighted by molar-refractivity contribution is 7.89. The predicted molar refractivity (Wildman–Crippen MR) is 62.8 cm³/mol. The van der Waals surface area contributed by atoms with Gasteiger partial charge in [-0.05, 0) is 17.7 Å². The van der Waals surface area contributed by atoms with Crippen LogP contribution in [0.4, 0.5) is 0 Å². The molecule has 17 heavy (non-hydrogen) atoms. The van der Waals surface area contributed by atoms with Crippen LogP contribution < -0.4 is 10.5 Å². The second kappa shape index (κ2) is 5.65. The fraction of sp³-hybridized carbons (Fsp3) is 0.300. The third-order valence-electron chi connectivity index (χ3n) is 2.01. The molecule has 4 N–H and O–H groups in total. The molecule has 0 aliphatic heterocycles. The van der Waals surface area contributed by atoms with Crippen LogP contribution in [0.2, 0.25) is 0 Å². The molecule has 0 unspecified atom stereocenters. The van der Waals surface area contributed by atoms with Gasteiger partial charge in [0.2, 0.25) is 15.9 Å². The molecule has 1 rings (SSSR count). The summed E-state index contributed by atoms with van der Waals surface area (Å²) in [6.07, 6.45) is 0.130. The van der Waals surface area contributed by atoms with E-state index in [1.807, 2.05) is 0 Å². The van der Waals surface area contributed by atoms with Gasteiger partial charge in [0.15, 0.2) is 0 Å². The minimum absolute atomic E-state index is 0.00422. The number of sulfonamides is 1. The van der Waals surface area contributed by atoms with Gasteiger partial charge in [-0.2, -0.15) is 0 Å². The fourth-order valence-corrected chi connectivity index (χ4v) is 1.58. The number of hydrogen-bond acceptors (Lipinski definition) is 4. The number of primary sulfonamides is 1. The number of nitrogens with one attached hydrogen (secondary N) is 1. The second-order valence-corrected chi connectivity index (χ2v) is 5.29. The molecule has 1 aromatic carbocycles. The standard InChI is InChI=1S/C10H14N2O4S/c11-17(15,16)6-5-12-10(14)7-8-1-3-9(13)4-2-8/h1-4,13H,5-7H2,(H,12,14)(H2,11,15,16). The van der Waals surface area contributed by atoms with Crippen molar-refractivity contribution in [3.05, 3.63) is 29.8 Å². The van der Waals surface area contributed by atoms with E-state index >= 15 is 0 Å². The van der Waals surface area contributed by atoms with Gasteiger partial charge in [-0.25, -0.2) is 13.6 Å². The Balaban J connectivity index is 2.37. The summed E-state index contributed by atoms with van der Waals surface area (Å²) in [4.78, 5) is 11.4. The number of phenolic OH excluding ortho intramolecular Hbond substituents is 1. The molecule has 0 saturated heterocycles. The second-order valence-electron chi connectivity index (χ2n) is 3.56. The Bertz CT molecular complexity index is 482. The average Bonchev–Trinajstić information content (AvgIpc) is 2.19. The van der Waals surface area contributed by atoms with Crippen LogP contribution in [-0.4, -0.2) is 31.7 Å². The van der Waals surface area contributed by atoms with Gasteiger partial charge in [0.05, 0.1) is 12.2 Å². The summed E-state index contributed by atoms with van der Waals surface area (Å²) in [7, 11) is -3.55.